The van der Waals surface area contributed by atoms with E-state index in [0.29, 0.717) is 18.1 Å². The zero-order chi connectivity index (χ0) is 21.8. The van der Waals surface area contributed by atoms with Crippen LogP contribution in [-0.2, 0) is 19.4 Å². The van der Waals surface area contributed by atoms with Gasteiger partial charge in [-0.15, -0.1) is 0 Å². The summed E-state index contributed by atoms with van der Waals surface area (Å²) in [5.74, 6) is 0.376. The van der Waals surface area contributed by atoms with Crippen molar-refractivity contribution in [1.82, 2.24) is 23.9 Å². The van der Waals surface area contributed by atoms with Crippen LogP contribution < -0.4 is 5.69 Å². The number of halogens is 1. The summed E-state index contributed by atoms with van der Waals surface area (Å²) >= 11 is 0. The van der Waals surface area contributed by atoms with Crippen molar-refractivity contribution in [2.24, 2.45) is 0 Å². The largest absolute Gasteiger partial charge is 0.369 e. The van der Waals surface area contributed by atoms with Crippen molar-refractivity contribution in [3.05, 3.63) is 93.4 Å². The Morgan fingerprint density at radius 1 is 1.03 bits per heavy atom. The summed E-state index contributed by atoms with van der Waals surface area (Å²) in [4.78, 5) is 21.4. The van der Waals surface area contributed by atoms with E-state index in [1.165, 1.54) is 34.5 Å². The summed E-state index contributed by atoms with van der Waals surface area (Å²) in [7, 11) is 0. The van der Waals surface area contributed by atoms with E-state index in [9.17, 15) is 9.18 Å². The Hall–Kier alpha value is -3.74. The smallest absolute Gasteiger partial charge is 0.306 e. The molecule has 2 aromatic carbocycles. The predicted octanol–water partition coefficient (Wildman–Crippen LogP) is 4.10. The Kier molecular flexibility index (Phi) is 4.24. The van der Waals surface area contributed by atoms with Gasteiger partial charge in [0.15, 0.2) is 5.82 Å². The van der Waals surface area contributed by atoms with Gasteiger partial charge in [-0.3, -0.25) is 4.68 Å². The average Bonchev–Trinajstić information content (AvgIpc) is 3.33. The van der Waals surface area contributed by atoms with Gasteiger partial charge in [0.25, 0.3) is 0 Å². The third-order valence-corrected chi connectivity index (χ3v) is 6.43. The number of allylic oxidation sites excluding steroid dienone is 1. The van der Waals surface area contributed by atoms with Gasteiger partial charge in [0.1, 0.15) is 5.82 Å². The summed E-state index contributed by atoms with van der Waals surface area (Å²) in [5.41, 5.74) is 7.46. The minimum Gasteiger partial charge on any atom is -0.306 e. The first kappa shape index (κ1) is 19.0. The topological polar surface area (TPSA) is 57.6 Å². The van der Waals surface area contributed by atoms with Crippen molar-refractivity contribution in [1.29, 1.82) is 0 Å². The van der Waals surface area contributed by atoms with Crippen LogP contribution in [0.1, 0.15) is 41.1 Å². The number of hydrogen-bond acceptors (Lipinski definition) is 3. The molecule has 2 aromatic heterocycles. The van der Waals surface area contributed by atoms with Gasteiger partial charge in [0, 0.05) is 18.4 Å². The maximum absolute atomic E-state index is 13.4. The highest BCUT2D eigenvalue weighted by molar-refractivity contribution is 5.81. The third kappa shape index (κ3) is 2.96. The fourth-order valence-corrected chi connectivity index (χ4v) is 4.80. The summed E-state index contributed by atoms with van der Waals surface area (Å²) in [6.45, 7) is 2.70. The molecule has 0 atom stereocenters. The number of aryl methyl sites for hydroxylation is 1. The number of hydrogen-bond donors (Lipinski definition) is 0. The van der Waals surface area contributed by atoms with Crippen LogP contribution in [0, 0.1) is 12.7 Å². The van der Waals surface area contributed by atoms with Crippen molar-refractivity contribution >= 4 is 11.6 Å². The van der Waals surface area contributed by atoms with Gasteiger partial charge in [-0.2, -0.15) is 9.67 Å². The van der Waals surface area contributed by atoms with Crippen molar-refractivity contribution in [3.8, 4) is 11.4 Å². The first-order valence-corrected chi connectivity index (χ1v) is 10.9. The maximum Gasteiger partial charge on any atom is 0.369 e. The molecule has 3 heterocycles. The predicted molar refractivity (Wildman–Crippen MR) is 121 cm³/mol. The van der Waals surface area contributed by atoms with Crippen molar-refractivity contribution in [2.45, 2.75) is 39.2 Å². The summed E-state index contributed by atoms with van der Waals surface area (Å²) in [6, 6.07) is 10.3. The van der Waals surface area contributed by atoms with Crippen LogP contribution in [0.4, 0.5) is 4.39 Å². The molecule has 0 saturated heterocycles. The Balaban J connectivity index is 1.42. The second kappa shape index (κ2) is 7.15. The van der Waals surface area contributed by atoms with Gasteiger partial charge in [0.05, 0.1) is 17.7 Å². The van der Waals surface area contributed by atoms with Crippen molar-refractivity contribution in [2.75, 3.05) is 0 Å². The number of rotatable bonds is 3. The van der Waals surface area contributed by atoms with E-state index in [0.717, 1.165) is 37.0 Å². The molecule has 0 fully saturated rings. The van der Waals surface area contributed by atoms with Gasteiger partial charge in [0.2, 0.25) is 0 Å². The molecule has 1 aliphatic carbocycles. The van der Waals surface area contributed by atoms with Crippen molar-refractivity contribution in [3.63, 3.8) is 0 Å². The molecule has 2 aliphatic rings. The zero-order valence-electron chi connectivity index (χ0n) is 17.8. The van der Waals surface area contributed by atoms with Crippen LogP contribution in [0.3, 0.4) is 0 Å². The fourth-order valence-electron chi connectivity index (χ4n) is 4.80. The quantitative estimate of drug-likeness (QED) is 0.495. The molecule has 7 heteroatoms. The highest BCUT2D eigenvalue weighted by Gasteiger charge is 2.25. The van der Waals surface area contributed by atoms with Gasteiger partial charge >= 0.3 is 5.69 Å². The van der Waals surface area contributed by atoms with E-state index in [2.05, 4.69) is 32.7 Å². The molecule has 4 aromatic rings. The van der Waals surface area contributed by atoms with E-state index in [-0.39, 0.29) is 11.5 Å². The van der Waals surface area contributed by atoms with Gasteiger partial charge in [-0.25, -0.2) is 14.2 Å². The number of benzene rings is 2. The molecule has 0 saturated carbocycles. The lowest BCUT2D eigenvalue weighted by Gasteiger charge is -2.26. The molecule has 0 bridgehead atoms. The molecule has 1 aliphatic heterocycles. The van der Waals surface area contributed by atoms with E-state index >= 15 is 0 Å². The van der Waals surface area contributed by atoms with E-state index < -0.39 is 0 Å². The lowest BCUT2D eigenvalue weighted by Crippen LogP contribution is -2.23. The number of aromatic nitrogens is 5. The Morgan fingerprint density at radius 2 is 1.84 bits per heavy atom. The maximum atomic E-state index is 13.4. The van der Waals surface area contributed by atoms with E-state index in [1.807, 2.05) is 24.1 Å². The standard InChI is InChI=1S/C25H22FN5O/c1-16-14-29(15-27-16)23-11-4-17(21-9-10-22(21)23)13-18-3-2-12-30-24(18)28-25(32)31(30)20-7-5-19(26)6-8-20/h4-8,11,13-15H,2-3,9-10,12H2,1H3/b18-13+. The van der Waals surface area contributed by atoms with Gasteiger partial charge < -0.3 is 4.57 Å². The summed E-state index contributed by atoms with van der Waals surface area (Å²) in [6.07, 6.45) is 10.0. The minimum atomic E-state index is -0.335. The Morgan fingerprint density at radius 3 is 2.56 bits per heavy atom. The normalized spacial score (nSPS) is 16.0. The fraction of sp³-hybridized carbons (Fsp3) is 0.240. The van der Waals surface area contributed by atoms with Crippen LogP contribution in [0.25, 0.3) is 23.0 Å². The highest BCUT2D eigenvalue weighted by atomic mass is 19.1. The van der Waals surface area contributed by atoms with E-state index in [1.54, 1.807) is 16.8 Å². The van der Waals surface area contributed by atoms with Crippen LogP contribution in [0.5, 0.6) is 0 Å². The Labute approximate surface area is 184 Å². The van der Waals surface area contributed by atoms with Crippen LogP contribution in [0.15, 0.2) is 53.7 Å². The molecule has 32 heavy (non-hydrogen) atoms. The molecule has 0 unspecified atom stereocenters. The SMILES string of the molecule is Cc1cn(-c2ccc(/C=C3\CCCn4c3nc(=O)n4-c3ccc(F)cc3)c3c2CC3)cn1. The van der Waals surface area contributed by atoms with Crippen molar-refractivity contribution < 1.29 is 4.39 Å². The zero-order valence-corrected chi connectivity index (χ0v) is 17.8. The number of nitrogens with zero attached hydrogens (tertiary/aromatic N) is 5. The molecule has 6 rings (SSSR count). The molecule has 0 radical (unpaired) electrons. The summed E-state index contributed by atoms with van der Waals surface area (Å²) < 4.78 is 18.9. The lowest BCUT2D eigenvalue weighted by molar-refractivity contribution is 0.500. The second-order valence-corrected chi connectivity index (χ2v) is 8.46. The number of fused-ring (bicyclic) bond motifs is 2. The van der Waals surface area contributed by atoms with Crippen LogP contribution in [-0.4, -0.2) is 23.9 Å². The molecule has 0 spiro atoms. The molecule has 0 amide bonds. The lowest BCUT2D eigenvalue weighted by atomic mass is 9.82. The van der Waals surface area contributed by atoms with Crippen LogP contribution in [0.2, 0.25) is 0 Å². The second-order valence-electron chi connectivity index (χ2n) is 8.46. The summed E-state index contributed by atoms with van der Waals surface area (Å²) in [5, 5.41) is 0. The molecule has 6 nitrogen and oxygen atoms in total. The average molecular weight is 427 g/mol. The minimum absolute atomic E-state index is 0.326. The number of imidazole rings is 1. The molecular weight excluding hydrogens is 405 g/mol. The van der Waals surface area contributed by atoms with Gasteiger partial charge in [-0.1, -0.05) is 6.07 Å². The van der Waals surface area contributed by atoms with Gasteiger partial charge in [-0.05, 0) is 91.3 Å². The Bertz CT molecular complexity index is 1440. The molecule has 160 valence electrons. The highest BCUT2D eigenvalue weighted by Crippen LogP contribution is 2.35. The first-order valence-electron chi connectivity index (χ1n) is 10.9. The third-order valence-electron chi connectivity index (χ3n) is 6.43. The monoisotopic (exact) mass is 427 g/mol. The van der Waals surface area contributed by atoms with E-state index in [4.69, 9.17) is 0 Å². The molecule has 0 N–H and O–H groups in total. The first-order chi connectivity index (χ1) is 15.6. The van der Waals surface area contributed by atoms with Crippen LogP contribution >= 0.6 is 0 Å². The molecular formula is C25H22FN5O.